The maximum atomic E-state index is 13.1. The van der Waals surface area contributed by atoms with Gasteiger partial charge in [0.15, 0.2) is 0 Å². The van der Waals surface area contributed by atoms with Gasteiger partial charge in [-0.1, -0.05) is 0 Å². The fourth-order valence-corrected chi connectivity index (χ4v) is 4.59. The van der Waals surface area contributed by atoms with Crippen molar-refractivity contribution in [1.29, 1.82) is 0 Å². The Bertz CT molecular complexity index is 988. The third-order valence-electron chi connectivity index (χ3n) is 4.66. The van der Waals surface area contributed by atoms with Gasteiger partial charge in [-0.3, -0.25) is 10.1 Å². The van der Waals surface area contributed by atoms with E-state index in [-0.39, 0.29) is 22.4 Å². The fourth-order valence-electron chi connectivity index (χ4n) is 3.32. The molecule has 156 valence electrons. The highest BCUT2D eigenvalue weighted by molar-refractivity contribution is 7.89. The summed E-state index contributed by atoms with van der Waals surface area (Å²) in [7, 11) is -3.82. The molecule has 0 unspecified atom stereocenters. The molecule has 1 saturated heterocycles. The van der Waals surface area contributed by atoms with Gasteiger partial charge in [0.25, 0.3) is 5.69 Å². The molecule has 0 bridgehead atoms. The van der Waals surface area contributed by atoms with Gasteiger partial charge in [0.05, 0.1) is 9.82 Å². The van der Waals surface area contributed by atoms with E-state index in [1.807, 2.05) is 4.90 Å². The van der Waals surface area contributed by atoms with E-state index in [9.17, 15) is 22.9 Å². The molecule has 0 atom stereocenters. The number of nitro groups is 1. The lowest BCUT2D eigenvalue weighted by molar-refractivity contribution is -0.384. The van der Waals surface area contributed by atoms with Crippen LogP contribution in [-0.4, -0.2) is 45.6 Å². The minimum Gasteiger partial charge on any atom is -0.368 e. The van der Waals surface area contributed by atoms with Crippen LogP contribution in [0.5, 0.6) is 0 Å². The summed E-state index contributed by atoms with van der Waals surface area (Å²) >= 11 is 0. The van der Waals surface area contributed by atoms with E-state index in [2.05, 4.69) is 9.62 Å². The van der Waals surface area contributed by atoms with Gasteiger partial charge in [0.2, 0.25) is 10.0 Å². The van der Waals surface area contributed by atoms with Crippen LogP contribution in [0.15, 0.2) is 47.4 Å². The molecule has 10 heteroatoms. The third-order valence-corrected chi connectivity index (χ3v) is 6.31. The fraction of sp³-hybridized carbons (Fsp3) is 0.368. The van der Waals surface area contributed by atoms with Gasteiger partial charge in [-0.25, -0.2) is 17.5 Å². The van der Waals surface area contributed by atoms with Gasteiger partial charge < -0.3 is 9.80 Å². The Morgan fingerprint density at radius 3 is 2.17 bits per heavy atom. The molecule has 8 nitrogen and oxygen atoms in total. The van der Waals surface area contributed by atoms with Crippen molar-refractivity contribution in [1.82, 2.24) is 4.72 Å². The maximum absolute atomic E-state index is 13.1. The number of piperazine rings is 1. The predicted molar refractivity (Wildman–Crippen MR) is 109 cm³/mol. The van der Waals surface area contributed by atoms with Crippen molar-refractivity contribution >= 4 is 27.1 Å². The van der Waals surface area contributed by atoms with Crippen LogP contribution < -0.4 is 14.5 Å². The Kier molecular flexibility index (Phi) is 6.04. The highest BCUT2D eigenvalue weighted by Gasteiger charge is 2.27. The van der Waals surface area contributed by atoms with Crippen LogP contribution in [0.3, 0.4) is 0 Å². The largest absolute Gasteiger partial charge is 0.368 e. The van der Waals surface area contributed by atoms with E-state index >= 15 is 0 Å². The summed E-state index contributed by atoms with van der Waals surface area (Å²) < 4.78 is 40.2. The summed E-state index contributed by atoms with van der Waals surface area (Å²) in [6, 6.07) is 9.86. The molecule has 0 aliphatic carbocycles. The van der Waals surface area contributed by atoms with E-state index < -0.39 is 14.9 Å². The SMILES string of the molecule is CC(C)NS(=O)(=O)c1ccc(N2CCN(c3ccc(F)cc3)CC2)c([N+](=O)[O-])c1. The second kappa shape index (κ2) is 8.34. The van der Waals surface area contributed by atoms with Crippen molar-refractivity contribution < 1.29 is 17.7 Å². The zero-order valence-corrected chi connectivity index (χ0v) is 17.0. The number of nitrogens with zero attached hydrogens (tertiary/aromatic N) is 3. The molecule has 1 aliphatic heterocycles. The van der Waals surface area contributed by atoms with Crippen molar-refractivity contribution in [3.63, 3.8) is 0 Å². The van der Waals surface area contributed by atoms with Crippen LogP contribution in [0.25, 0.3) is 0 Å². The zero-order valence-electron chi connectivity index (χ0n) is 16.2. The molecule has 2 aromatic rings. The normalized spacial score (nSPS) is 15.0. The number of sulfonamides is 1. The average molecular weight is 422 g/mol. The van der Waals surface area contributed by atoms with Crippen LogP contribution >= 0.6 is 0 Å². The van der Waals surface area contributed by atoms with Gasteiger partial charge in [-0.15, -0.1) is 0 Å². The number of anilines is 2. The lowest BCUT2D eigenvalue weighted by Gasteiger charge is -2.37. The second-order valence-corrected chi connectivity index (χ2v) is 8.85. The van der Waals surface area contributed by atoms with E-state index in [1.54, 1.807) is 26.0 Å². The Balaban J connectivity index is 1.80. The van der Waals surface area contributed by atoms with Crippen molar-refractivity contribution in [2.24, 2.45) is 0 Å². The molecule has 1 fully saturated rings. The maximum Gasteiger partial charge on any atom is 0.293 e. The van der Waals surface area contributed by atoms with Gasteiger partial charge in [0.1, 0.15) is 11.5 Å². The first kappa shape index (κ1) is 21.0. The number of rotatable bonds is 6. The van der Waals surface area contributed by atoms with Gasteiger partial charge in [-0.05, 0) is 50.2 Å². The molecule has 1 aliphatic rings. The smallest absolute Gasteiger partial charge is 0.293 e. The first-order chi connectivity index (χ1) is 13.7. The molecule has 2 aromatic carbocycles. The molecule has 0 saturated carbocycles. The van der Waals surface area contributed by atoms with Gasteiger partial charge in [0, 0.05) is 44.0 Å². The van der Waals surface area contributed by atoms with E-state index in [0.29, 0.717) is 31.9 Å². The molecule has 1 N–H and O–H groups in total. The van der Waals surface area contributed by atoms with Crippen molar-refractivity contribution in [2.75, 3.05) is 36.0 Å². The van der Waals surface area contributed by atoms with Crippen LogP contribution in [0.4, 0.5) is 21.5 Å². The highest BCUT2D eigenvalue weighted by Crippen LogP contribution is 2.32. The van der Waals surface area contributed by atoms with E-state index in [4.69, 9.17) is 0 Å². The zero-order chi connectivity index (χ0) is 21.2. The van der Waals surface area contributed by atoms with Crippen LogP contribution in [0.1, 0.15) is 13.8 Å². The first-order valence-electron chi connectivity index (χ1n) is 9.23. The summed E-state index contributed by atoms with van der Waals surface area (Å²) in [6.07, 6.45) is 0. The number of halogens is 1. The average Bonchev–Trinajstić information content (AvgIpc) is 2.67. The lowest BCUT2D eigenvalue weighted by Crippen LogP contribution is -2.46. The molecule has 0 aromatic heterocycles. The number of hydrogen-bond donors (Lipinski definition) is 1. The first-order valence-corrected chi connectivity index (χ1v) is 10.7. The van der Waals surface area contributed by atoms with Crippen molar-refractivity contribution in [2.45, 2.75) is 24.8 Å². The van der Waals surface area contributed by atoms with Crippen LogP contribution in [0.2, 0.25) is 0 Å². The Morgan fingerprint density at radius 1 is 1.03 bits per heavy atom. The summed E-state index contributed by atoms with van der Waals surface area (Å²) in [5, 5.41) is 11.6. The van der Waals surface area contributed by atoms with Crippen molar-refractivity contribution in [3.8, 4) is 0 Å². The minimum atomic E-state index is -3.82. The molecular weight excluding hydrogens is 399 g/mol. The summed E-state index contributed by atoms with van der Waals surface area (Å²) in [5.41, 5.74) is 1.03. The summed E-state index contributed by atoms with van der Waals surface area (Å²) in [6.45, 7) is 5.63. The lowest BCUT2D eigenvalue weighted by atomic mass is 10.2. The number of nitro benzene ring substituents is 1. The Labute approximate surface area is 169 Å². The van der Waals surface area contributed by atoms with E-state index in [1.165, 1.54) is 24.3 Å². The van der Waals surface area contributed by atoms with Crippen LogP contribution in [-0.2, 0) is 10.0 Å². The standard InChI is InChI=1S/C19H23FN4O4S/c1-14(2)21-29(27,28)17-7-8-18(19(13-17)24(25)26)23-11-9-22(10-12-23)16-5-3-15(20)4-6-16/h3-8,13-14,21H,9-12H2,1-2H3. The topological polar surface area (TPSA) is 95.8 Å². The minimum absolute atomic E-state index is 0.133. The number of benzene rings is 2. The van der Waals surface area contributed by atoms with Gasteiger partial charge >= 0.3 is 0 Å². The number of hydrogen-bond acceptors (Lipinski definition) is 6. The molecular formula is C19H23FN4O4S. The highest BCUT2D eigenvalue weighted by atomic mass is 32.2. The Morgan fingerprint density at radius 2 is 1.62 bits per heavy atom. The summed E-state index contributed by atoms with van der Waals surface area (Å²) in [4.78, 5) is 14.9. The molecule has 1 heterocycles. The van der Waals surface area contributed by atoms with E-state index in [0.717, 1.165) is 11.8 Å². The molecule has 0 radical (unpaired) electrons. The molecule has 3 rings (SSSR count). The predicted octanol–water partition coefficient (Wildman–Crippen LogP) is 2.75. The van der Waals surface area contributed by atoms with Gasteiger partial charge in [-0.2, -0.15) is 0 Å². The molecule has 0 amide bonds. The quantitative estimate of drug-likeness (QED) is 0.568. The third kappa shape index (κ3) is 4.83. The van der Waals surface area contributed by atoms with Crippen LogP contribution in [0, 0.1) is 15.9 Å². The monoisotopic (exact) mass is 422 g/mol. The molecule has 29 heavy (non-hydrogen) atoms. The molecule has 0 spiro atoms. The summed E-state index contributed by atoms with van der Waals surface area (Å²) in [5.74, 6) is -0.301. The second-order valence-electron chi connectivity index (χ2n) is 7.13. The Hall–Kier alpha value is -2.72. The van der Waals surface area contributed by atoms with Crippen molar-refractivity contribution in [3.05, 3.63) is 58.4 Å². The number of nitrogens with one attached hydrogen (secondary N) is 1.